The summed E-state index contributed by atoms with van der Waals surface area (Å²) in [6, 6.07) is 7.00. The Hall–Kier alpha value is -1.84. The van der Waals surface area contributed by atoms with Crippen LogP contribution in [0.5, 0.6) is 0 Å². The fraction of sp³-hybridized carbons (Fsp3) is 0.500. The van der Waals surface area contributed by atoms with Crippen LogP contribution < -0.4 is 5.32 Å². The van der Waals surface area contributed by atoms with E-state index in [1.807, 2.05) is 38.1 Å². The van der Waals surface area contributed by atoms with E-state index < -0.39 is 12.0 Å². The van der Waals surface area contributed by atoms with Crippen molar-refractivity contribution < 1.29 is 14.7 Å². The van der Waals surface area contributed by atoms with Crippen LogP contribution in [0.2, 0.25) is 0 Å². The molecule has 1 aromatic carbocycles. The van der Waals surface area contributed by atoms with Gasteiger partial charge < -0.3 is 10.4 Å². The van der Waals surface area contributed by atoms with Crippen molar-refractivity contribution in [2.45, 2.75) is 46.1 Å². The Balaban J connectivity index is 2.63. The molecule has 2 N–H and O–H groups in total. The SMILES string of the molecule is CCc1cccc(CC(=O)N[C@@H](CC(C)C)C(=O)O)c1. The molecule has 1 amide bonds. The molecule has 4 heteroatoms. The minimum Gasteiger partial charge on any atom is -0.480 e. The van der Waals surface area contributed by atoms with Gasteiger partial charge in [-0.05, 0) is 29.9 Å². The van der Waals surface area contributed by atoms with Crippen molar-refractivity contribution in [1.29, 1.82) is 0 Å². The summed E-state index contributed by atoms with van der Waals surface area (Å²) < 4.78 is 0. The van der Waals surface area contributed by atoms with E-state index in [4.69, 9.17) is 5.11 Å². The number of carboxylic acids is 1. The standard InChI is InChI=1S/C16H23NO3/c1-4-12-6-5-7-13(9-12)10-15(18)17-14(16(19)20)8-11(2)3/h5-7,9,11,14H,4,8,10H2,1-3H3,(H,17,18)(H,19,20)/t14-/m0/s1. The number of amides is 1. The van der Waals surface area contributed by atoms with Gasteiger partial charge in [-0.1, -0.05) is 45.0 Å². The topological polar surface area (TPSA) is 66.4 Å². The van der Waals surface area contributed by atoms with E-state index in [1.165, 1.54) is 5.56 Å². The van der Waals surface area contributed by atoms with Crippen LogP contribution in [0.1, 0.15) is 38.3 Å². The highest BCUT2D eigenvalue weighted by Gasteiger charge is 2.20. The molecular formula is C16H23NO3. The molecular weight excluding hydrogens is 254 g/mol. The number of aliphatic carboxylic acids is 1. The number of rotatable bonds is 7. The van der Waals surface area contributed by atoms with Crippen LogP contribution in [-0.2, 0) is 22.4 Å². The van der Waals surface area contributed by atoms with E-state index in [-0.39, 0.29) is 18.2 Å². The number of hydrogen-bond acceptors (Lipinski definition) is 2. The number of aryl methyl sites for hydroxylation is 1. The van der Waals surface area contributed by atoms with Gasteiger partial charge in [0.15, 0.2) is 0 Å². The summed E-state index contributed by atoms with van der Waals surface area (Å²) in [7, 11) is 0. The van der Waals surface area contributed by atoms with Crippen LogP contribution in [0.4, 0.5) is 0 Å². The molecule has 110 valence electrons. The second-order valence-electron chi connectivity index (χ2n) is 5.44. The maximum atomic E-state index is 11.9. The second kappa shape index (κ2) is 7.68. The summed E-state index contributed by atoms with van der Waals surface area (Å²) in [6.45, 7) is 5.93. The van der Waals surface area contributed by atoms with Crippen molar-refractivity contribution in [2.24, 2.45) is 5.92 Å². The van der Waals surface area contributed by atoms with Crippen molar-refractivity contribution in [3.05, 3.63) is 35.4 Å². The first-order chi connectivity index (χ1) is 9.42. The third-order valence-corrected chi connectivity index (χ3v) is 3.10. The van der Waals surface area contributed by atoms with E-state index in [9.17, 15) is 9.59 Å². The molecule has 0 radical (unpaired) electrons. The van der Waals surface area contributed by atoms with E-state index in [2.05, 4.69) is 12.2 Å². The lowest BCUT2D eigenvalue weighted by Gasteiger charge is -2.16. The molecule has 0 unspecified atom stereocenters. The van der Waals surface area contributed by atoms with Crippen LogP contribution in [0, 0.1) is 5.92 Å². The van der Waals surface area contributed by atoms with E-state index in [1.54, 1.807) is 0 Å². The molecule has 20 heavy (non-hydrogen) atoms. The monoisotopic (exact) mass is 277 g/mol. The zero-order valence-corrected chi connectivity index (χ0v) is 12.3. The number of benzene rings is 1. The maximum Gasteiger partial charge on any atom is 0.326 e. The van der Waals surface area contributed by atoms with Gasteiger partial charge in [0.25, 0.3) is 0 Å². The molecule has 4 nitrogen and oxygen atoms in total. The summed E-state index contributed by atoms with van der Waals surface area (Å²) in [5.74, 6) is -1.000. The summed E-state index contributed by atoms with van der Waals surface area (Å²) in [5, 5.41) is 11.7. The molecule has 0 aliphatic carbocycles. The van der Waals surface area contributed by atoms with Gasteiger partial charge in [0.1, 0.15) is 6.04 Å². The number of nitrogens with one attached hydrogen (secondary N) is 1. The fourth-order valence-electron chi connectivity index (χ4n) is 2.08. The van der Waals surface area contributed by atoms with Crippen LogP contribution in [0.3, 0.4) is 0 Å². The van der Waals surface area contributed by atoms with E-state index >= 15 is 0 Å². The molecule has 1 rings (SSSR count). The molecule has 0 heterocycles. The summed E-state index contributed by atoms with van der Waals surface area (Å²) in [5.41, 5.74) is 2.09. The zero-order valence-electron chi connectivity index (χ0n) is 12.3. The van der Waals surface area contributed by atoms with Gasteiger partial charge in [-0.2, -0.15) is 0 Å². The van der Waals surface area contributed by atoms with Gasteiger partial charge in [0, 0.05) is 0 Å². The zero-order chi connectivity index (χ0) is 15.1. The quantitative estimate of drug-likeness (QED) is 0.804. The lowest BCUT2D eigenvalue weighted by atomic mass is 10.0. The highest BCUT2D eigenvalue weighted by molar-refractivity contribution is 5.84. The number of carbonyl (C=O) groups is 2. The smallest absolute Gasteiger partial charge is 0.326 e. The summed E-state index contributed by atoms with van der Waals surface area (Å²) in [4.78, 5) is 23.0. The molecule has 0 saturated heterocycles. The average molecular weight is 277 g/mol. The Morgan fingerprint density at radius 2 is 1.90 bits per heavy atom. The molecule has 0 fully saturated rings. The van der Waals surface area contributed by atoms with Crippen LogP contribution in [0.25, 0.3) is 0 Å². The predicted octanol–water partition coefficient (Wildman–Crippen LogP) is 2.41. The first-order valence-corrected chi connectivity index (χ1v) is 7.02. The largest absolute Gasteiger partial charge is 0.480 e. The molecule has 0 aliphatic rings. The third kappa shape index (κ3) is 5.43. The molecule has 0 spiro atoms. The molecule has 1 aromatic rings. The Morgan fingerprint density at radius 3 is 2.45 bits per heavy atom. The molecule has 1 atom stereocenters. The summed E-state index contributed by atoms with van der Waals surface area (Å²) in [6.07, 6.45) is 1.58. The Morgan fingerprint density at radius 1 is 1.25 bits per heavy atom. The van der Waals surface area contributed by atoms with Crippen molar-refractivity contribution in [2.75, 3.05) is 0 Å². The molecule has 0 bridgehead atoms. The van der Waals surface area contributed by atoms with Gasteiger partial charge in [-0.3, -0.25) is 4.79 Å². The van der Waals surface area contributed by atoms with Gasteiger partial charge in [-0.25, -0.2) is 4.79 Å². The van der Waals surface area contributed by atoms with Gasteiger partial charge in [0.2, 0.25) is 5.91 Å². The molecule has 0 aliphatic heterocycles. The Labute approximate surface area is 120 Å². The number of carboxylic acid groups (broad SMARTS) is 1. The third-order valence-electron chi connectivity index (χ3n) is 3.10. The van der Waals surface area contributed by atoms with Crippen LogP contribution >= 0.6 is 0 Å². The van der Waals surface area contributed by atoms with E-state index in [0.717, 1.165) is 12.0 Å². The van der Waals surface area contributed by atoms with Crippen molar-refractivity contribution in [3.8, 4) is 0 Å². The average Bonchev–Trinajstić information content (AvgIpc) is 2.37. The minimum absolute atomic E-state index is 0.218. The lowest BCUT2D eigenvalue weighted by Crippen LogP contribution is -2.42. The highest BCUT2D eigenvalue weighted by atomic mass is 16.4. The number of hydrogen-bond donors (Lipinski definition) is 2. The van der Waals surface area contributed by atoms with Crippen LogP contribution in [0.15, 0.2) is 24.3 Å². The second-order valence-corrected chi connectivity index (χ2v) is 5.44. The normalized spacial score (nSPS) is 12.2. The first-order valence-electron chi connectivity index (χ1n) is 7.02. The van der Waals surface area contributed by atoms with Crippen molar-refractivity contribution in [3.63, 3.8) is 0 Å². The molecule has 0 saturated carbocycles. The maximum absolute atomic E-state index is 11.9. The van der Waals surface area contributed by atoms with Gasteiger partial charge >= 0.3 is 5.97 Å². The minimum atomic E-state index is -0.977. The van der Waals surface area contributed by atoms with E-state index in [0.29, 0.717) is 6.42 Å². The van der Waals surface area contributed by atoms with Crippen molar-refractivity contribution >= 4 is 11.9 Å². The van der Waals surface area contributed by atoms with Gasteiger partial charge in [0.05, 0.1) is 6.42 Å². The predicted molar refractivity (Wildman–Crippen MR) is 78.5 cm³/mol. The lowest BCUT2D eigenvalue weighted by molar-refractivity contribution is -0.142. The first kappa shape index (κ1) is 16.2. The Kier molecular flexibility index (Phi) is 6.22. The summed E-state index contributed by atoms with van der Waals surface area (Å²) >= 11 is 0. The van der Waals surface area contributed by atoms with Crippen molar-refractivity contribution in [1.82, 2.24) is 5.32 Å². The molecule has 0 aromatic heterocycles. The fourth-order valence-corrected chi connectivity index (χ4v) is 2.08. The number of carbonyl (C=O) groups excluding carboxylic acids is 1. The van der Waals surface area contributed by atoms with Gasteiger partial charge in [-0.15, -0.1) is 0 Å². The van der Waals surface area contributed by atoms with Crippen LogP contribution in [-0.4, -0.2) is 23.0 Å². The Bertz CT molecular complexity index is 469. The highest BCUT2D eigenvalue weighted by Crippen LogP contribution is 2.08.